The summed E-state index contributed by atoms with van der Waals surface area (Å²) in [7, 11) is 0. The molecule has 0 amide bonds. The van der Waals surface area contributed by atoms with E-state index in [2.05, 4.69) is 8.92 Å². The molecule has 0 aliphatic heterocycles. The van der Waals surface area contributed by atoms with Crippen LogP contribution in [0.5, 0.6) is 0 Å². The third-order valence-corrected chi connectivity index (χ3v) is 1.85. The van der Waals surface area contributed by atoms with Crippen molar-refractivity contribution < 1.29 is 22.1 Å². The fourth-order valence-corrected chi connectivity index (χ4v) is 1.10. The molecular formula is C8H14O5S. The Morgan fingerprint density at radius 2 is 2.00 bits per heavy atom. The number of esters is 1. The SMILES string of the molecule is CCOC(=O)C=C(C)OS(=O)OCC. The zero-order valence-electron chi connectivity index (χ0n) is 8.44. The number of allylic oxidation sites excluding steroid dienone is 1. The maximum Gasteiger partial charge on any atom is 0.359 e. The molecule has 5 nitrogen and oxygen atoms in total. The summed E-state index contributed by atoms with van der Waals surface area (Å²) in [4.78, 5) is 10.9. The van der Waals surface area contributed by atoms with Crippen molar-refractivity contribution in [2.75, 3.05) is 13.2 Å². The monoisotopic (exact) mass is 222 g/mol. The van der Waals surface area contributed by atoms with Gasteiger partial charge in [-0.2, -0.15) is 4.21 Å². The first kappa shape index (κ1) is 13.1. The van der Waals surface area contributed by atoms with E-state index < -0.39 is 17.3 Å². The van der Waals surface area contributed by atoms with Gasteiger partial charge in [-0.05, 0) is 20.8 Å². The topological polar surface area (TPSA) is 61.8 Å². The number of hydrogen-bond donors (Lipinski definition) is 0. The summed E-state index contributed by atoms with van der Waals surface area (Å²) in [6.07, 6.45) is 1.11. The minimum atomic E-state index is -1.85. The van der Waals surface area contributed by atoms with Crippen LogP contribution in [0.1, 0.15) is 20.8 Å². The summed E-state index contributed by atoms with van der Waals surface area (Å²) in [5.74, 6) is -0.339. The van der Waals surface area contributed by atoms with Crippen LogP contribution in [-0.2, 0) is 29.3 Å². The highest BCUT2D eigenvalue weighted by Crippen LogP contribution is 2.01. The highest BCUT2D eigenvalue weighted by molar-refractivity contribution is 7.75. The second kappa shape index (κ2) is 7.52. The Morgan fingerprint density at radius 1 is 1.36 bits per heavy atom. The van der Waals surface area contributed by atoms with E-state index in [1.54, 1.807) is 13.8 Å². The van der Waals surface area contributed by atoms with Gasteiger partial charge in [-0.25, -0.2) is 4.79 Å². The van der Waals surface area contributed by atoms with Crippen molar-refractivity contribution in [3.63, 3.8) is 0 Å². The summed E-state index contributed by atoms with van der Waals surface area (Å²) in [5, 5.41) is 0. The van der Waals surface area contributed by atoms with Crippen LogP contribution >= 0.6 is 0 Å². The Labute approximate surface area is 85.9 Å². The van der Waals surface area contributed by atoms with Crippen LogP contribution < -0.4 is 0 Å². The first-order chi connectivity index (χ1) is 6.60. The third kappa shape index (κ3) is 6.62. The molecule has 0 saturated heterocycles. The van der Waals surface area contributed by atoms with E-state index in [4.69, 9.17) is 4.18 Å². The predicted octanol–water partition coefficient (Wildman–Crippen LogP) is 1.09. The Kier molecular flexibility index (Phi) is 7.04. The van der Waals surface area contributed by atoms with Crippen LogP contribution in [0, 0.1) is 0 Å². The van der Waals surface area contributed by atoms with Crippen LogP contribution in [0.4, 0.5) is 0 Å². The van der Waals surface area contributed by atoms with E-state index >= 15 is 0 Å². The Balaban J connectivity index is 3.99. The summed E-state index contributed by atoms with van der Waals surface area (Å²) in [6.45, 7) is 5.44. The summed E-state index contributed by atoms with van der Waals surface area (Å²) >= 11 is -1.85. The van der Waals surface area contributed by atoms with Gasteiger partial charge in [0.05, 0.1) is 19.3 Å². The van der Waals surface area contributed by atoms with E-state index in [0.29, 0.717) is 0 Å². The largest absolute Gasteiger partial charge is 0.463 e. The molecule has 0 aromatic heterocycles. The first-order valence-corrected chi connectivity index (χ1v) is 5.18. The van der Waals surface area contributed by atoms with Gasteiger partial charge in [0, 0.05) is 0 Å². The molecule has 0 aromatic carbocycles. The standard InChI is InChI=1S/C8H14O5S/c1-4-11-8(9)6-7(3)13-14(10)12-5-2/h6H,4-5H2,1-3H3. The molecule has 14 heavy (non-hydrogen) atoms. The third-order valence-electron chi connectivity index (χ3n) is 1.02. The van der Waals surface area contributed by atoms with Gasteiger partial charge in [0.2, 0.25) is 0 Å². The van der Waals surface area contributed by atoms with E-state index in [9.17, 15) is 9.00 Å². The van der Waals surface area contributed by atoms with E-state index in [-0.39, 0.29) is 19.0 Å². The van der Waals surface area contributed by atoms with Crippen molar-refractivity contribution in [3.8, 4) is 0 Å². The van der Waals surface area contributed by atoms with Crippen molar-refractivity contribution >= 4 is 17.3 Å². The molecule has 0 aromatic rings. The normalized spacial score (nSPS) is 13.5. The Bertz CT molecular complexity index is 236. The molecule has 6 heteroatoms. The molecule has 0 aliphatic rings. The highest BCUT2D eigenvalue weighted by atomic mass is 32.2. The number of rotatable bonds is 6. The molecule has 0 fully saturated rings. The molecule has 1 unspecified atom stereocenters. The lowest BCUT2D eigenvalue weighted by Gasteiger charge is -2.02. The molecule has 0 heterocycles. The van der Waals surface area contributed by atoms with Gasteiger partial charge in [-0.15, -0.1) is 0 Å². The van der Waals surface area contributed by atoms with Crippen molar-refractivity contribution in [1.82, 2.24) is 0 Å². The summed E-state index contributed by atoms with van der Waals surface area (Å²) in [6, 6.07) is 0. The maximum absolute atomic E-state index is 10.9. The van der Waals surface area contributed by atoms with Crippen LogP contribution in [0.3, 0.4) is 0 Å². The molecule has 0 N–H and O–H groups in total. The maximum atomic E-state index is 10.9. The van der Waals surface area contributed by atoms with Gasteiger partial charge in [0.1, 0.15) is 5.76 Å². The van der Waals surface area contributed by atoms with E-state index in [1.165, 1.54) is 6.92 Å². The fourth-order valence-electron chi connectivity index (χ4n) is 0.602. The predicted molar refractivity (Wildman–Crippen MR) is 51.2 cm³/mol. The van der Waals surface area contributed by atoms with Crippen LogP contribution in [-0.4, -0.2) is 23.4 Å². The second-order valence-corrected chi connectivity index (χ2v) is 3.01. The van der Waals surface area contributed by atoms with Crippen molar-refractivity contribution in [2.24, 2.45) is 0 Å². The molecular weight excluding hydrogens is 208 g/mol. The van der Waals surface area contributed by atoms with E-state index in [0.717, 1.165) is 6.08 Å². The van der Waals surface area contributed by atoms with Crippen LogP contribution in [0.2, 0.25) is 0 Å². The molecule has 82 valence electrons. The first-order valence-electron chi connectivity index (χ1n) is 4.18. The second-order valence-electron chi connectivity index (χ2n) is 2.20. The van der Waals surface area contributed by atoms with Crippen LogP contribution in [0.15, 0.2) is 11.8 Å². The molecule has 0 saturated carbocycles. The molecule has 0 aliphatic carbocycles. The van der Waals surface area contributed by atoms with E-state index in [1.807, 2.05) is 0 Å². The number of carbonyl (C=O) groups excluding carboxylic acids is 1. The smallest absolute Gasteiger partial charge is 0.359 e. The lowest BCUT2D eigenvalue weighted by atomic mass is 10.5. The van der Waals surface area contributed by atoms with Crippen molar-refractivity contribution in [2.45, 2.75) is 20.8 Å². The Hall–Kier alpha value is -0.880. The lowest BCUT2D eigenvalue weighted by molar-refractivity contribution is -0.137. The quantitative estimate of drug-likeness (QED) is 0.382. The van der Waals surface area contributed by atoms with Gasteiger partial charge in [0.15, 0.2) is 0 Å². The minimum Gasteiger partial charge on any atom is -0.463 e. The number of hydrogen-bond acceptors (Lipinski definition) is 5. The number of ether oxygens (including phenoxy) is 1. The number of carbonyl (C=O) groups is 1. The van der Waals surface area contributed by atoms with Gasteiger partial charge in [-0.1, -0.05) is 0 Å². The Morgan fingerprint density at radius 3 is 2.50 bits per heavy atom. The lowest BCUT2D eigenvalue weighted by Crippen LogP contribution is -2.04. The van der Waals surface area contributed by atoms with Crippen LogP contribution in [0.25, 0.3) is 0 Å². The van der Waals surface area contributed by atoms with Crippen molar-refractivity contribution in [3.05, 3.63) is 11.8 Å². The molecule has 0 bridgehead atoms. The zero-order valence-corrected chi connectivity index (χ0v) is 9.26. The molecule has 0 radical (unpaired) electrons. The molecule has 0 spiro atoms. The zero-order chi connectivity index (χ0) is 11.0. The average molecular weight is 222 g/mol. The van der Waals surface area contributed by atoms with Gasteiger partial charge in [-0.3, -0.25) is 4.18 Å². The van der Waals surface area contributed by atoms with Crippen molar-refractivity contribution in [1.29, 1.82) is 0 Å². The fraction of sp³-hybridized carbons (Fsp3) is 0.625. The highest BCUT2D eigenvalue weighted by Gasteiger charge is 2.03. The average Bonchev–Trinajstić information content (AvgIpc) is 2.03. The molecule has 0 rings (SSSR count). The minimum absolute atomic E-state index is 0.190. The van der Waals surface area contributed by atoms with Gasteiger partial charge < -0.3 is 8.92 Å². The molecule has 1 atom stereocenters. The van der Waals surface area contributed by atoms with Gasteiger partial charge >= 0.3 is 17.3 Å². The summed E-state index contributed by atoms with van der Waals surface area (Å²) < 4.78 is 24.8. The summed E-state index contributed by atoms with van der Waals surface area (Å²) in [5.41, 5.74) is 0. The van der Waals surface area contributed by atoms with Gasteiger partial charge in [0.25, 0.3) is 0 Å².